The zero-order valence-electron chi connectivity index (χ0n) is 16.8. The fraction of sp³-hybridized carbons (Fsp3) is 0.636. The normalized spacial score (nSPS) is 21.6. The van der Waals surface area contributed by atoms with Gasteiger partial charge < -0.3 is 14.9 Å². The van der Waals surface area contributed by atoms with Crippen LogP contribution in [0.5, 0.6) is 5.75 Å². The van der Waals surface area contributed by atoms with Gasteiger partial charge in [0.05, 0.1) is 5.56 Å². The summed E-state index contributed by atoms with van der Waals surface area (Å²) in [6, 6.07) is 5.32. The van der Waals surface area contributed by atoms with Gasteiger partial charge in [-0.15, -0.1) is 0 Å². The first-order chi connectivity index (χ1) is 12.9. The van der Waals surface area contributed by atoms with Crippen LogP contribution in [0, 0.1) is 11.8 Å². The van der Waals surface area contributed by atoms with Gasteiger partial charge in [-0.05, 0) is 55.2 Å². The molecule has 5 nitrogen and oxygen atoms in total. The number of phenols is 1. The maximum atomic E-state index is 12.8. The van der Waals surface area contributed by atoms with Crippen molar-refractivity contribution < 1.29 is 14.7 Å². The van der Waals surface area contributed by atoms with Crippen LogP contribution in [0.1, 0.15) is 68.3 Å². The molecule has 148 valence electrons. The molecule has 1 aromatic carbocycles. The molecule has 2 heterocycles. The molecule has 27 heavy (non-hydrogen) atoms. The third-order valence-corrected chi connectivity index (χ3v) is 6.02. The van der Waals surface area contributed by atoms with Gasteiger partial charge in [-0.1, -0.05) is 26.8 Å². The Morgan fingerprint density at radius 2 is 1.78 bits per heavy atom. The highest BCUT2D eigenvalue weighted by molar-refractivity contribution is 5.97. The fourth-order valence-electron chi connectivity index (χ4n) is 4.24. The Kier molecular flexibility index (Phi) is 6.08. The van der Waals surface area contributed by atoms with E-state index in [9.17, 15) is 14.7 Å². The highest BCUT2D eigenvalue weighted by Crippen LogP contribution is 2.28. The van der Waals surface area contributed by atoms with Gasteiger partial charge in [0.15, 0.2) is 0 Å². The number of piperidine rings is 2. The Bertz CT molecular complexity index is 693. The third kappa shape index (κ3) is 4.45. The van der Waals surface area contributed by atoms with Crippen molar-refractivity contribution in [1.82, 2.24) is 9.80 Å². The van der Waals surface area contributed by atoms with Crippen molar-refractivity contribution >= 4 is 11.8 Å². The smallest absolute Gasteiger partial charge is 0.257 e. The summed E-state index contributed by atoms with van der Waals surface area (Å²) >= 11 is 0. The van der Waals surface area contributed by atoms with Gasteiger partial charge in [0.2, 0.25) is 5.91 Å². The summed E-state index contributed by atoms with van der Waals surface area (Å²) in [6.07, 6.45) is 3.71. The SMILES string of the molecule is CC1CCCN(C(=O)C2CCN(C(=O)c3ccc(C(C)C)cc3O)CC2)C1. The third-order valence-electron chi connectivity index (χ3n) is 6.02. The molecule has 2 amide bonds. The summed E-state index contributed by atoms with van der Waals surface area (Å²) in [5.74, 6) is 1.08. The standard InChI is InChI=1S/C22H32N2O3/c1-15(2)18-6-7-19(20(25)13-18)22(27)23-11-8-17(9-12-23)21(26)24-10-4-5-16(3)14-24/h6-7,13,15-17,25H,4-5,8-12,14H2,1-3H3. The van der Waals surface area contributed by atoms with Crippen LogP contribution in [0.3, 0.4) is 0 Å². The van der Waals surface area contributed by atoms with Crippen molar-refractivity contribution in [3.05, 3.63) is 29.3 Å². The Hall–Kier alpha value is -2.04. The molecule has 0 aliphatic carbocycles. The summed E-state index contributed by atoms with van der Waals surface area (Å²) in [7, 11) is 0. The molecule has 2 aliphatic heterocycles. The molecule has 1 aromatic rings. The van der Waals surface area contributed by atoms with E-state index in [4.69, 9.17) is 0 Å². The van der Waals surface area contributed by atoms with E-state index in [1.54, 1.807) is 17.0 Å². The second-order valence-corrected chi connectivity index (χ2v) is 8.53. The largest absolute Gasteiger partial charge is 0.507 e. The van der Waals surface area contributed by atoms with Gasteiger partial charge in [0.25, 0.3) is 5.91 Å². The predicted molar refractivity (Wildman–Crippen MR) is 106 cm³/mol. The second kappa shape index (κ2) is 8.32. The minimum absolute atomic E-state index is 0.0243. The van der Waals surface area contributed by atoms with Crippen LogP contribution < -0.4 is 0 Å². The molecule has 3 rings (SSSR count). The van der Waals surface area contributed by atoms with Crippen LogP contribution in [-0.2, 0) is 4.79 Å². The number of phenolic OH excluding ortho intramolecular Hbond substituents is 1. The molecular formula is C22H32N2O3. The van der Waals surface area contributed by atoms with Crippen molar-refractivity contribution in [2.75, 3.05) is 26.2 Å². The number of likely N-dealkylation sites (tertiary alicyclic amines) is 2. The van der Waals surface area contributed by atoms with Gasteiger partial charge in [-0.3, -0.25) is 9.59 Å². The second-order valence-electron chi connectivity index (χ2n) is 8.53. The Labute approximate surface area is 162 Å². The number of carbonyl (C=O) groups is 2. The van der Waals surface area contributed by atoms with E-state index in [1.165, 1.54) is 6.42 Å². The summed E-state index contributed by atoms with van der Waals surface area (Å²) in [5, 5.41) is 10.3. The van der Waals surface area contributed by atoms with Gasteiger partial charge in [0.1, 0.15) is 5.75 Å². The molecule has 0 aromatic heterocycles. The lowest BCUT2D eigenvalue weighted by Gasteiger charge is -2.37. The zero-order chi connectivity index (χ0) is 19.6. The molecular weight excluding hydrogens is 340 g/mol. The summed E-state index contributed by atoms with van der Waals surface area (Å²) < 4.78 is 0. The molecule has 1 N–H and O–H groups in total. The van der Waals surface area contributed by atoms with Crippen LogP contribution in [-0.4, -0.2) is 52.9 Å². The molecule has 1 unspecified atom stereocenters. The van der Waals surface area contributed by atoms with E-state index in [-0.39, 0.29) is 23.5 Å². The lowest BCUT2D eigenvalue weighted by Crippen LogP contribution is -2.47. The van der Waals surface area contributed by atoms with E-state index in [0.717, 1.165) is 25.1 Å². The van der Waals surface area contributed by atoms with Crippen molar-refractivity contribution in [2.24, 2.45) is 11.8 Å². The van der Waals surface area contributed by atoms with E-state index < -0.39 is 0 Å². The van der Waals surface area contributed by atoms with Crippen molar-refractivity contribution in [3.8, 4) is 5.75 Å². The van der Waals surface area contributed by atoms with Gasteiger partial charge in [-0.2, -0.15) is 0 Å². The number of nitrogens with zero attached hydrogens (tertiary/aromatic N) is 2. The van der Waals surface area contributed by atoms with Crippen molar-refractivity contribution in [3.63, 3.8) is 0 Å². The first-order valence-electron chi connectivity index (χ1n) is 10.3. The molecule has 5 heteroatoms. The number of aromatic hydroxyl groups is 1. The van der Waals surface area contributed by atoms with Crippen LogP contribution in [0.2, 0.25) is 0 Å². The molecule has 2 aliphatic rings. The molecule has 0 saturated carbocycles. The lowest BCUT2D eigenvalue weighted by atomic mass is 9.92. The predicted octanol–water partition coefficient (Wildman–Crippen LogP) is 3.63. The Balaban J connectivity index is 1.58. The average molecular weight is 373 g/mol. The fourth-order valence-corrected chi connectivity index (χ4v) is 4.24. The summed E-state index contributed by atoms with van der Waals surface area (Å²) in [6.45, 7) is 9.21. The average Bonchev–Trinajstić information content (AvgIpc) is 2.67. The highest BCUT2D eigenvalue weighted by atomic mass is 16.3. The monoisotopic (exact) mass is 372 g/mol. The summed E-state index contributed by atoms with van der Waals surface area (Å²) in [4.78, 5) is 29.4. The molecule has 0 radical (unpaired) electrons. The van der Waals surface area contributed by atoms with Crippen LogP contribution >= 0.6 is 0 Å². The Morgan fingerprint density at radius 1 is 1.07 bits per heavy atom. The lowest BCUT2D eigenvalue weighted by molar-refractivity contribution is -0.138. The Morgan fingerprint density at radius 3 is 2.37 bits per heavy atom. The van der Waals surface area contributed by atoms with E-state index in [0.29, 0.717) is 43.3 Å². The minimum atomic E-state index is -0.139. The van der Waals surface area contributed by atoms with Crippen LogP contribution in [0.15, 0.2) is 18.2 Å². The topological polar surface area (TPSA) is 60.9 Å². The molecule has 1 atom stereocenters. The molecule has 2 fully saturated rings. The maximum Gasteiger partial charge on any atom is 0.257 e. The van der Waals surface area contributed by atoms with Crippen LogP contribution in [0.4, 0.5) is 0 Å². The quantitative estimate of drug-likeness (QED) is 0.881. The number of amides is 2. The first-order valence-corrected chi connectivity index (χ1v) is 10.3. The van der Waals surface area contributed by atoms with E-state index in [1.807, 2.05) is 11.0 Å². The zero-order valence-corrected chi connectivity index (χ0v) is 16.8. The van der Waals surface area contributed by atoms with Crippen molar-refractivity contribution in [1.29, 1.82) is 0 Å². The number of carbonyl (C=O) groups excluding carboxylic acids is 2. The molecule has 0 bridgehead atoms. The number of rotatable bonds is 3. The molecule has 0 spiro atoms. The van der Waals surface area contributed by atoms with Crippen LogP contribution in [0.25, 0.3) is 0 Å². The van der Waals surface area contributed by atoms with Gasteiger partial charge >= 0.3 is 0 Å². The van der Waals surface area contributed by atoms with Gasteiger partial charge in [-0.25, -0.2) is 0 Å². The number of hydrogen-bond acceptors (Lipinski definition) is 3. The van der Waals surface area contributed by atoms with Gasteiger partial charge in [0, 0.05) is 32.1 Å². The van der Waals surface area contributed by atoms with E-state index in [2.05, 4.69) is 20.8 Å². The van der Waals surface area contributed by atoms with E-state index >= 15 is 0 Å². The number of hydrogen-bond donors (Lipinski definition) is 1. The minimum Gasteiger partial charge on any atom is -0.507 e. The first kappa shape index (κ1) is 19.7. The van der Waals surface area contributed by atoms with Crippen molar-refractivity contribution in [2.45, 2.75) is 52.4 Å². The maximum absolute atomic E-state index is 12.8. The number of benzene rings is 1. The summed E-state index contributed by atoms with van der Waals surface area (Å²) in [5.41, 5.74) is 1.37. The highest BCUT2D eigenvalue weighted by Gasteiger charge is 2.32. The molecule has 2 saturated heterocycles.